The van der Waals surface area contributed by atoms with E-state index in [1.54, 1.807) is 0 Å². The van der Waals surface area contributed by atoms with Gasteiger partial charge in [0.15, 0.2) is 0 Å². The number of carbonyl (C=O) groups excluding carboxylic acids is 1. The van der Waals surface area contributed by atoms with Crippen LogP contribution in [0.2, 0.25) is 0 Å². The lowest BCUT2D eigenvalue weighted by Crippen LogP contribution is -2.31. The second-order valence-electron chi connectivity index (χ2n) is 5.07. The largest absolute Gasteiger partial charge is 0.493 e. The Labute approximate surface area is 127 Å². The Morgan fingerprint density at radius 3 is 2.45 bits per heavy atom. The van der Waals surface area contributed by atoms with E-state index in [2.05, 4.69) is 11.4 Å². The number of rotatable bonds is 7. The quantitative estimate of drug-likeness (QED) is 0.811. The van der Waals surface area contributed by atoms with Crippen LogP contribution in [-0.4, -0.2) is 25.6 Å². The van der Waals surface area contributed by atoms with Crippen LogP contribution in [0.4, 0.5) is 0 Å². The first kappa shape index (κ1) is 18.7. The summed E-state index contributed by atoms with van der Waals surface area (Å²) >= 11 is 0. The fourth-order valence-electron chi connectivity index (χ4n) is 1.74. The zero-order chi connectivity index (χ0) is 14.3. The van der Waals surface area contributed by atoms with Crippen molar-refractivity contribution in [2.24, 2.45) is 11.7 Å². The first-order valence-electron chi connectivity index (χ1n) is 6.69. The molecule has 20 heavy (non-hydrogen) atoms. The van der Waals surface area contributed by atoms with Crippen molar-refractivity contribution < 1.29 is 9.53 Å². The Bertz CT molecular complexity index is 404. The number of hydrogen-bond donors (Lipinski definition) is 2. The van der Waals surface area contributed by atoms with Crippen molar-refractivity contribution in [3.63, 3.8) is 0 Å². The molecule has 5 heteroatoms. The molecule has 1 atom stereocenters. The second kappa shape index (κ2) is 9.61. The van der Waals surface area contributed by atoms with Crippen molar-refractivity contribution in [1.29, 1.82) is 0 Å². The smallest absolute Gasteiger partial charge is 0.223 e. The number of ether oxygens (including phenoxy) is 1. The van der Waals surface area contributed by atoms with Crippen LogP contribution in [0.5, 0.6) is 5.75 Å². The number of halogens is 1. The van der Waals surface area contributed by atoms with Gasteiger partial charge in [-0.25, -0.2) is 0 Å². The average molecular weight is 301 g/mol. The third-order valence-corrected chi connectivity index (χ3v) is 2.84. The van der Waals surface area contributed by atoms with E-state index in [0.717, 1.165) is 16.9 Å². The number of nitrogens with two attached hydrogens (primary N) is 1. The molecule has 1 amide bonds. The van der Waals surface area contributed by atoms with Crippen LogP contribution in [0.3, 0.4) is 0 Å². The zero-order valence-corrected chi connectivity index (χ0v) is 13.3. The molecular weight excluding hydrogens is 276 g/mol. The van der Waals surface area contributed by atoms with Crippen molar-refractivity contribution in [1.82, 2.24) is 5.32 Å². The SMILES string of the molecule is Cc1cc(C)cc(OCCC(=O)NCC(C)CN)c1.Cl. The Balaban J connectivity index is 0.00000361. The molecule has 0 heterocycles. The van der Waals surface area contributed by atoms with Gasteiger partial charge in [-0.05, 0) is 49.6 Å². The molecule has 1 aromatic rings. The molecule has 0 spiro atoms. The van der Waals surface area contributed by atoms with Gasteiger partial charge in [0.1, 0.15) is 5.75 Å². The highest BCUT2D eigenvalue weighted by Gasteiger charge is 2.05. The van der Waals surface area contributed by atoms with E-state index in [0.29, 0.717) is 32.0 Å². The summed E-state index contributed by atoms with van der Waals surface area (Å²) in [5, 5.41) is 2.84. The summed E-state index contributed by atoms with van der Waals surface area (Å²) in [7, 11) is 0. The molecule has 0 aromatic heterocycles. The summed E-state index contributed by atoms with van der Waals surface area (Å²) in [4.78, 5) is 11.6. The van der Waals surface area contributed by atoms with Gasteiger partial charge in [0.25, 0.3) is 0 Å². The van der Waals surface area contributed by atoms with Crippen molar-refractivity contribution in [2.45, 2.75) is 27.2 Å². The van der Waals surface area contributed by atoms with Gasteiger partial charge in [0.2, 0.25) is 5.91 Å². The van der Waals surface area contributed by atoms with Gasteiger partial charge in [-0.1, -0.05) is 13.0 Å². The van der Waals surface area contributed by atoms with E-state index in [9.17, 15) is 4.79 Å². The number of hydrogen-bond acceptors (Lipinski definition) is 3. The zero-order valence-electron chi connectivity index (χ0n) is 12.4. The summed E-state index contributed by atoms with van der Waals surface area (Å²) in [6.45, 7) is 7.66. The predicted octanol–water partition coefficient (Wildman–Crippen LogP) is 2.21. The Hall–Kier alpha value is -1.26. The molecular formula is C15H25ClN2O2. The summed E-state index contributed by atoms with van der Waals surface area (Å²) in [5.74, 6) is 1.13. The van der Waals surface area contributed by atoms with Gasteiger partial charge in [-0.3, -0.25) is 4.79 Å². The average Bonchev–Trinajstić information content (AvgIpc) is 2.34. The summed E-state index contributed by atoms with van der Waals surface area (Å²) in [6.07, 6.45) is 0.365. The van der Waals surface area contributed by atoms with Gasteiger partial charge in [-0.15, -0.1) is 12.4 Å². The summed E-state index contributed by atoms with van der Waals surface area (Å²) < 4.78 is 5.59. The Kier molecular flexibility index (Phi) is 9.01. The standard InChI is InChI=1S/C15H24N2O2.ClH/c1-11-6-12(2)8-14(7-11)19-5-4-15(18)17-10-13(3)9-16;/h6-8,13H,4-5,9-10,16H2,1-3H3,(H,17,18);1H. The molecule has 0 radical (unpaired) electrons. The van der Waals surface area contributed by atoms with E-state index >= 15 is 0 Å². The molecule has 0 aliphatic rings. The number of amides is 1. The van der Waals surface area contributed by atoms with Crippen molar-refractivity contribution in [3.05, 3.63) is 29.3 Å². The van der Waals surface area contributed by atoms with E-state index in [4.69, 9.17) is 10.5 Å². The lowest BCUT2D eigenvalue weighted by molar-refractivity contribution is -0.121. The number of benzene rings is 1. The predicted molar refractivity (Wildman–Crippen MR) is 84.5 cm³/mol. The fraction of sp³-hybridized carbons (Fsp3) is 0.533. The third-order valence-electron chi connectivity index (χ3n) is 2.84. The maximum atomic E-state index is 11.6. The first-order valence-corrected chi connectivity index (χ1v) is 6.69. The topological polar surface area (TPSA) is 64.3 Å². The van der Waals surface area contributed by atoms with Crippen LogP contribution in [0.1, 0.15) is 24.5 Å². The van der Waals surface area contributed by atoms with E-state index in [1.165, 1.54) is 0 Å². The van der Waals surface area contributed by atoms with Gasteiger partial charge in [0.05, 0.1) is 13.0 Å². The van der Waals surface area contributed by atoms with Crippen molar-refractivity contribution >= 4 is 18.3 Å². The molecule has 0 saturated heterocycles. The fourth-order valence-corrected chi connectivity index (χ4v) is 1.74. The van der Waals surface area contributed by atoms with Crippen LogP contribution in [0.15, 0.2) is 18.2 Å². The highest BCUT2D eigenvalue weighted by molar-refractivity contribution is 5.85. The molecule has 3 N–H and O–H groups in total. The Morgan fingerprint density at radius 1 is 1.30 bits per heavy atom. The summed E-state index contributed by atoms with van der Waals surface area (Å²) in [6, 6.07) is 6.04. The van der Waals surface area contributed by atoms with E-state index in [1.807, 2.05) is 32.9 Å². The third kappa shape index (κ3) is 7.36. The van der Waals surface area contributed by atoms with Crippen LogP contribution in [0, 0.1) is 19.8 Å². The highest BCUT2D eigenvalue weighted by atomic mass is 35.5. The Morgan fingerprint density at radius 2 is 1.90 bits per heavy atom. The van der Waals surface area contributed by atoms with Gasteiger partial charge < -0.3 is 15.8 Å². The minimum atomic E-state index is 0. The highest BCUT2D eigenvalue weighted by Crippen LogP contribution is 2.16. The summed E-state index contributed by atoms with van der Waals surface area (Å²) in [5.41, 5.74) is 7.81. The molecule has 0 aliphatic carbocycles. The molecule has 0 bridgehead atoms. The second-order valence-corrected chi connectivity index (χ2v) is 5.07. The van der Waals surface area contributed by atoms with Gasteiger partial charge >= 0.3 is 0 Å². The minimum Gasteiger partial charge on any atom is -0.493 e. The maximum absolute atomic E-state index is 11.6. The lowest BCUT2D eigenvalue weighted by atomic mass is 10.1. The normalized spacial score (nSPS) is 11.4. The molecule has 114 valence electrons. The van der Waals surface area contributed by atoms with Gasteiger partial charge in [-0.2, -0.15) is 0 Å². The molecule has 1 unspecified atom stereocenters. The molecule has 1 rings (SSSR count). The first-order chi connectivity index (χ1) is 9.01. The molecule has 0 aliphatic heterocycles. The monoisotopic (exact) mass is 300 g/mol. The molecule has 0 saturated carbocycles. The van der Waals surface area contributed by atoms with Crippen molar-refractivity contribution in [2.75, 3.05) is 19.7 Å². The molecule has 4 nitrogen and oxygen atoms in total. The number of nitrogens with one attached hydrogen (secondary N) is 1. The lowest BCUT2D eigenvalue weighted by Gasteiger charge is -2.11. The molecule has 0 fully saturated rings. The van der Waals surface area contributed by atoms with Gasteiger partial charge in [0, 0.05) is 6.54 Å². The maximum Gasteiger partial charge on any atom is 0.223 e. The van der Waals surface area contributed by atoms with Crippen LogP contribution >= 0.6 is 12.4 Å². The molecule has 1 aromatic carbocycles. The van der Waals surface area contributed by atoms with E-state index in [-0.39, 0.29) is 18.3 Å². The van der Waals surface area contributed by atoms with Crippen LogP contribution < -0.4 is 15.8 Å². The number of aryl methyl sites for hydroxylation is 2. The minimum absolute atomic E-state index is 0. The van der Waals surface area contributed by atoms with Crippen molar-refractivity contribution in [3.8, 4) is 5.75 Å². The van der Waals surface area contributed by atoms with E-state index < -0.39 is 0 Å². The van der Waals surface area contributed by atoms with Crippen LogP contribution in [0.25, 0.3) is 0 Å². The van der Waals surface area contributed by atoms with Crippen LogP contribution in [-0.2, 0) is 4.79 Å². The number of carbonyl (C=O) groups is 1.